The molecule has 0 aliphatic rings. The lowest BCUT2D eigenvalue weighted by molar-refractivity contribution is 0.0768. The van der Waals surface area contributed by atoms with Crippen LogP contribution in [0.4, 0.5) is 0 Å². The molecule has 17 heavy (non-hydrogen) atoms. The van der Waals surface area contributed by atoms with Crippen LogP contribution < -0.4 is 0 Å². The quantitative estimate of drug-likeness (QED) is 0.719. The highest BCUT2D eigenvalue weighted by Crippen LogP contribution is 2.15. The number of alkyl halides is 1. The minimum atomic E-state index is 0.0380. The normalized spacial score (nSPS) is 10.5. The Morgan fingerprint density at radius 3 is 2.82 bits per heavy atom. The summed E-state index contributed by atoms with van der Waals surface area (Å²) < 4.78 is 3.88. The van der Waals surface area contributed by atoms with E-state index in [9.17, 15) is 4.79 Å². The molecule has 0 spiro atoms. The maximum atomic E-state index is 12.3. The zero-order chi connectivity index (χ0) is 12.7. The van der Waals surface area contributed by atoms with Crippen molar-refractivity contribution in [3.8, 4) is 0 Å². The molecule has 1 aromatic heterocycles. The number of aromatic nitrogens is 2. The summed E-state index contributed by atoms with van der Waals surface area (Å²) in [4.78, 5) is 14.7. The second kappa shape index (κ2) is 7.61. The maximum Gasteiger partial charge on any atom is 0.267 e. The lowest BCUT2D eigenvalue weighted by Gasteiger charge is -2.19. The first-order chi connectivity index (χ1) is 8.24. The first kappa shape index (κ1) is 14.4. The molecule has 0 atom stereocenters. The molecule has 0 aromatic carbocycles. The number of hydrogen-bond acceptors (Lipinski definition) is 4. The summed E-state index contributed by atoms with van der Waals surface area (Å²) in [6.07, 6.45) is 2.60. The molecule has 6 heteroatoms. The van der Waals surface area contributed by atoms with E-state index in [2.05, 4.69) is 16.5 Å². The zero-order valence-corrected chi connectivity index (χ0v) is 11.9. The molecule has 0 aliphatic carbocycles. The van der Waals surface area contributed by atoms with E-state index in [0.29, 0.717) is 23.8 Å². The van der Waals surface area contributed by atoms with Crippen molar-refractivity contribution in [2.75, 3.05) is 19.0 Å². The van der Waals surface area contributed by atoms with Crippen LogP contribution >= 0.6 is 23.1 Å². The Labute approximate surface area is 111 Å². The van der Waals surface area contributed by atoms with Crippen molar-refractivity contribution in [2.24, 2.45) is 0 Å². The zero-order valence-electron chi connectivity index (χ0n) is 10.3. The van der Waals surface area contributed by atoms with Crippen molar-refractivity contribution < 1.29 is 4.79 Å². The summed E-state index contributed by atoms with van der Waals surface area (Å²) in [6.45, 7) is 5.43. The van der Waals surface area contributed by atoms with E-state index in [0.717, 1.165) is 25.0 Å². The molecule has 0 saturated heterocycles. The fourth-order valence-corrected chi connectivity index (χ4v) is 2.36. The summed E-state index contributed by atoms with van der Waals surface area (Å²) in [7, 11) is 0. The van der Waals surface area contributed by atoms with Crippen LogP contribution in [0.3, 0.4) is 0 Å². The van der Waals surface area contributed by atoms with Crippen LogP contribution in [-0.2, 0) is 6.42 Å². The Bertz CT molecular complexity index is 356. The third kappa shape index (κ3) is 3.92. The van der Waals surface area contributed by atoms with Crippen LogP contribution in [0.2, 0.25) is 0 Å². The predicted octanol–water partition coefficient (Wildman–Crippen LogP) is 2.58. The second-order valence-corrected chi connectivity index (χ2v) is 4.86. The van der Waals surface area contributed by atoms with Crippen molar-refractivity contribution in [2.45, 2.75) is 33.1 Å². The van der Waals surface area contributed by atoms with Crippen LogP contribution in [0.25, 0.3) is 0 Å². The molecule has 0 radical (unpaired) electrons. The van der Waals surface area contributed by atoms with E-state index >= 15 is 0 Å². The highest BCUT2D eigenvalue weighted by Gasteiger charge is 2.20. The number of nitrogens with zero attached hydrogens (tertiary/aromatic N) is 3. The van der Waals surface area contributed by atoms with E-state index in [-0.39, 0.29) is 5.91 Å². The molecule has 4 nitrogen and oxygen atoms in total. The number of amides is 1. The van der Waals surface area contributed by atoms with E-state index in [1.54, 1.807) is 4.90 Å². The lowest BCUT2D eigenvalue weighted by Crippen LogP contribution is -2.32. The SMILES string of the molecule is CCCc1nnsc1C(=O)N(CC)CCCCl. The van der Waals surface area contributed by atoms with E-state index in [4.69, 9.17) is 11.6 Å². The molecule has 1 rings (SSSR count). The van der Waals surface area contributed by atoms with Gasteiger partial charge in [-0.05, 0) is 31.3 Å². The molecule has 0 saturated carbocycles. The molecule has 1 heterocycles. The summed E-state index contributed by atoms with van der Waals surface area (Å²) in [6, 6.07) is 0. The van der Waals surface area contributed by atoms with Gasteiger partial charge in [-0.15, -0.1) is 16.7 Å². The van der Waals surface area contributed by atoms with E-state index in [1.807, 2.05) is 6.92 Å². The molecule has 1 aromatic rings. The topological polar surface area (TPSA) is 46.1 Å². The first-order valence-corrected chi connectivity index (χ1v) is 7.21. The minimum absolute atomic E-state index is 0.0380. The highest BCUT2D eigenvalue weighted by atomic mass is 35.5. The van der Waals surface area contributed by atoms with Crippen LogP contribution in [0.1, 0.15) is 42.1 Å². The van der Waals surface area contributed by atoms with Gasteiger partial charge in [0.15, 0.2) is 0 Å². The van der Waals surface area contributed by atoms with Crippen molar-refractivity contribution in [1.82, 2.24) is 14.5 Å². The standard InChI is InChI=1S/C11H18ClN3OS/c1-3-6-9-10(17-14-13-9)11(16)15(4-2)8-5-7-12/h3-8H2,1-2H3. The smallest absolute Gasteiger partial charge is 0.267 e. The Hall–Kier alpha value is -0.680. The summed E-state index contributed by atoms with van der Waals surface area (Å²) in [5, 5.41) is 4.02. The minimum Gasteiger partial charge on any atom is -0.338 e. The van der Waals surface area contributed by atoms with Gasteiger partial charge >= 0.3 is 0 Å². The highest BCUT2D eigenvalue weighted by molar-refractivity contribution is 7.08. The Morgan fingerprint density at radius 2 is 2.24 bits per heavy atom. The average Bonchev–Trinajstić information content (AvgIpc) is 2.78. The second-order valence-electron chi connectivity index (χ2n) is 3.73. The van der Waals surface area contributed by atoms with Crippen LogP contribution in [0.5, 0.6) is 0 Å². The van der Waals surface area contributed by atoms with Gasteiger partial charge in [-0.3, -0.25) is 4.79 Å². The van der Waals surface area contributed by atoms with E-state index in [1.165, 1.54) is 11.5 Å². The van der Waals surface area contributed by atoms with Gasteiger partial charge in [0.25, 0.3) is 5.91 Å². The monoisotopic (exact) mass is 275 g/mol. The van der Waals surface area contributed by atoms with Crippen molar-refractivity contribution in [1.29, 1.82) is 0 Å². The summed E-state index contributed by atoms with van der Waals surface area (Å²) >= 11 is 6.84. The number of carbonyl (C=O) groups is 1. The van der Waals surface area contributed by atoms with Gasteiger partial charge in [0.2, 0.25) is 0 Å². The molecule has 96 valence electrons. The maximum absolute atomic E-state index is 12.3. The van der Waals surface area contributed by atoms with Gasteiger partial charge in [0.05, 0.1) is 5.69 Å². The number of carbonyl (C=O) groups excluding carboxylic acids is 1. The molecular weight excluding hydrogens is 258 g/mol. The molecule has 0 aliphatic heterocycles. The molecular formula is C11H18ClN3OS. The molecule has 0 unspecified atom stereocenters. The number of halogens is 1. The van der Waals surface area contributed by atoms with Crippen LogP contribution in [-0.4, -0.2) is 39.4 Å². The number of hydrogen-bond donors (Lipinski definition) is 0. The Morgan fingerprint density at radius 1 is 1.47 bits per heavy atom. The fraction of sp³-hybridized carbons (Fsp3) is 0.727. The fourth-order valence-electron chi connectivity index (χ4n) is 1.57. The number of rotatable bonds is 7. The van der Waals surface area contributed by atoms with E-state index < -0.39 is 0 Å². The lowest BCUT2D eigenvalue weighted by atomic mass is 10.2. The molecule has 1 amide bonds. The van der Waals surface area contributed by atoms with Crippen LogP contribution in [0, 0.1) is 0 Å². The predicted molar refractivity (Wildman–Crippen MR) is 70.8 cm³/mol. The average molecular weight is 276 g/mol. The van der Waals surface area contributed by atoms with Gasteiger partial charge in [-0.1, -0.05) is 17.8 Å². The summed E-state index contributed by atoms with van der Waals surface area (Å²) in [5.41, 5.74) is 0.826. The van der Waals surface area contributed by atoms with Crippen molar-refractivity contribution >= 4 is 29.0 Å². The van der Waals surface area contributed by atoms with Crippen LogP contribution in [0.15, 0.2) is 0 Å². The largest absolute Gasteiger partial charge is 0.338 e. The van der Waals surface area contributed by atoms with Crippen molar-refractivity contribution in [3.05, 3.63) is 10.6 Å². The number of aryl methyl sites for hydroxylation is 1. The molecule has 0 N–H and O–H groups in total. The van der Waals surface area contributed by atoms with Gasteiger partial charge in [0, 0.05) is 19.0 Å². The Kier molecular flexibility index (Phi) is 6.44. The first-order valence-electron chi connectivity index (χ1n) is 5.91. The molecule has 0 bridgehead atoms. The third-order valence-corrected chi connectivity index (χ3v) is 3.49. The molecule has 0 fully saturated rings. The Balaban J connectivity index is 2.74. The van der Waals surface area contributed by atoms with Gasteiger partial charge < -0.3 is 4.90 Å². The summed E-state index contributed by atoms with van der Waals surface area (Å²) in [5.74, 6) is 0.614. The van der Waals surface area contributed by atoms with Gasteiger partial charge in [-0.2, -0.15) is 0 Å². The van der Waals surface area contributed by atoms with Crippen molar-refractivity contribution in [3.63, 3.8) is 0 Å². The third-order valence-electron chi connectivity index (χ3n) is 2.47. The van der Waals surface area contributed by atoms with Gasteiger partial charge in [0.1, 0.15) is 4.88 Å². The van der Waals surface area contributed by atoms with Gasteiger partial charge in [-0.25, -0.2) is 0 Å².